The molecule has 1 aliphatic rings. The molecule has 1 atom stereocenters. The van der Waals surface area contributed by atoms with Crippen molar-refractivity contribution in [3.8, 4) is 22.6 Å². The van der Waals surface area contributed by atoms with Gasteiger partial charge in [0.2, 0.25) is 0 Å². The van der Waals surface area contributed by atoms with Gasteiger partial charge in [0.05, 0.1) is 28.9 Å². The number of aliphatic hydroxyl groups is 1. The second-order valence-electron chi connectivity index (χ2n) is 10.1. The summed E-state index contributed by atoms with van der Waals surface area (Å²) in [6, 6.07) is 24.7. The molecule has 0 spiro atoms. The Balaban J connectivity index is 0.00000442. The zero-order chi connectivity index (χ0) is 30.4. The van der Waals surface area contributed by atoms with Gasteiger partial charge in [0.15, 0.2) is 0 Å². The molecule has 4 bridgehead atoms. The highest BCUT2D eigenvalue weighted by atomic mass is 32.2. The van der Waals surface area contributed by atoms with Crippen LogP contribution in [0.25, 0.3) is 11.1 Å². The molecule has 0 amide bonds. The van der Waals surface area contributed by atoms with Gasteiger partial charge in [-0.15, -0.1) is 0 Å². The third-order valence-electron chi connectivity index (χ3n) is 7.03. The van der Waals surface area contributed by atoms with Gasteiger partial charge in [-0.2, -0.15) is 0 Å². The van der Waals surface area contributed by atoms with Crippen molar-refractivity contribution in [1.29, 1.82) is 0 Å². The number of aryl methyl sites for hydroxylation is 1. The molecule has 1 aliphatic heterocycles. The summed E-state index contributed by atoms with van der Waals surface area (Å²) in [6.07, 6.45) is -0.973. The Morgan fingerprint density at radius 3 is 2.59 bits per heavy atom. The molecule has 1 heterocycles. The maximum Gasteiger partial charge on any atom is 0.338 e. The average molecular weight is 619 g/mol. The van der Waals surface area contributed by atoms with Crippen LogP contribution in [0.1, 0.15) is 47.5 Å². The smallest absolute Gasteiger partial charge is 0.338 e. The summed E-state index contributed by atoms with van der Waals surface area (Å²) >= 11 is 0. The first-order valence-corrected chi connectivity index (χ1v) is 15.5. The topological polar surface area (TPSA) is 123 Å². The lowest BCUT2D eigenvalue weighted by atomic mass is 9.98. The Kier molecular flexibility index (Phi) is 10.6. The van der Waals surface area contributed by atoms with E-state index in [9.17, 15) is 18.3 Å². The molecule has 0 fully saturated rings. The molecule has 5 rings (SSSR count). The van der Waals surface area contributed by atoms with E-state index in [2.05, 4.69) is 10.0 Å². The SMILES string of the molecule is C.CCOC(=O)c1ccc(-c2ccc(OCCNCC(O)c3ccc4cc3NS(=O)(=O)c3cccc(c3)CO4)cc2)c(C)c1. The summed E-state index contributed by atoms with van der Waals surface area (Å²) in [4.78, 5) is 12.1. The van der Waals surface area contributed by atoms with E-state index >= 15 is 0 Å². The van der Waals surface area contributed by atoms with Crippen molar-refractivity contribution in [2.45, 2.75) is 38.9 Å². The fourth-order valence-corrected chi connectivity index (χ4v) is 5.97. The van der Waals surface area contributed by atoms with Crippen LogP contribution in [-0.2, 0) is 21.4 Å². The molecule has 0 saturated heterocycles. The monoisotopic (exact) mass is 618 g/mol. The number of benzene rings is 4. The van der Waals surface area contributed by atoms with E-state index in [1.165, 1.54) is 6.07 Å². The van der Waals surface area contributed by atoms with Crippen molar-refractivity contribution in [2.75, 3.05) is 31.0 Å². The standard InChI is InChI=1S/C33H34N2O7S.CH4/c1-3-40-33(37)25-9-13-29(22(2)17-25)24-7-10-26(11-8-24)41-16-15-34-20-32(36)30-14-12-27-19-31(30)35-43(38,39)28-6-4-5-23(18-28)21-42-27;/h4-14,17-19,32,34-36H,3,15-16,20-21H2,1-2H3;1H4. The molecule has 1 unspecified atom stereocenters. The van der Waals surface area contributed by atoms with E-state index in [1.807, 2.05) is 43.3 Å². The third kappa shape index (κ3) is 7.76. The fourth-order valence-electron chi connectivity index (χ4n) is 4.83. The van der Waals surface area contributed by atoms with Crippen molar-refractivity contribution in [1.82, 2.24) is 5.32 Å². The molecule has 0 aliphatic carbocycles. The van der Waals surface area contributed by atoms with Gasteiger partial charge in [-0.25, -0.2) is 13.2 Å². The number of carbonyl (C=O) groups is 1. The van der Waals surface area contributed by atoms with Crippen LogP contribution in [0.2, 0.25) is 0 Å². The van der Waals surface area contributed by atoms with E-state index in [-0.39, 0.29) is 37.1 Å². The van der Waals surface area contributed by atoms with Gasteiger partial charge < -0.3 is 24.6 Å². The summed E-state index contributed by atoms with van der Waals surface area (Å²) in [6.45, 7) is 5.32. The van der Waals surface area contributed by atoms with Gasteiger partial charge in [-0.1, -0.05) is 43.8 Å². The normalized spacial score (nSPS) is 13.8. The van der Waals surface area contributed by atoms with Gasteiger partial charge in [0.25, 0.3) is 10.0 Å². The number of anilines is 1. The quantitative estimate of drug-likeness (QED) is 0.149. The largest absolute Gasteiger partial charge is 0.492 e. The molecule has 0 radical (unpaired) electrons. The van der Waals surface area contributed by atoms with Gasteiger partial charge in [0, 0.05) is 24.7 Å². The van der Waals surface area contributed by atoms with E-state index in [0.717, 1.165) is 22.3 Å². The highest BCUT2D eigenvalue weighted by molar-refractivity contribution is 7.92. The molecule has 9 nitrogen and oxygen atoms in total. The number of hydrogen-bond acceptors (Lipinski definition) is 8. The minimum Gasteiger partial charge on any atom is -0.492 e. The molecule has 44 heavy (non-hydrogen) atoms. The Morgan fingerprint density at radius 2 is 1.84 bits per heavy atom. The van der Waals surface area contributed by atoms with E-state index in [1.54, 1.807) is 49.4 Å². The number of ether oxygens (including phenoxy) is 3. The molecule has 10 heteroatoms. The minimum atomic E-state index is -3.84. The summed E-state index contributed by atoms with van der Waals surface area (Å²) in [5.41, 5.74) is 4.96. The van der Waals surface area contributed by atoms with Crippen molar-refractivity contribution < 1.29 is 32.5 Å². The third-order valence-corrected chi connectivity index (χ3v) is 8.39. The van der Waals surface area contributed by atoms with Crippen LogP contribution in [0.5, 0.6) is 11.5 Å². The van der Waals surface area contributed by atoms with E-state index in [0.29, 0.717) is 42.4 Å². The molecule has 4 aromatic carbocycles. The van der Waals surface area contributed by atoms with E-state index < -0.39 is 16.1 Å². The number of aliphatic hydroxyl groups excluding tert-OH is 1. The maximum absolute atomic E-state index is 13.0. The number of hydrogen-bond donors (Lipinski definition) is 3. The second-order valence-corrected chi connectivity index (χ2v) is 11.8. The van der Waals surface area contributed by atoms with Crippen LogP contribution in [-0.4, -0.2) is 45.8 Å². The highest BCUT2D eigenvalue weighted by Crippen LogP contribution is 2.31. The number of carbonyl (C=O) groups excluding carboxylic acids is 1. The van der Waals surface area contributed by atoms with Gasteiger partial charge >= 0.3 is 5.97 Å². The number of sulfonamides is 1. The van der Waals surface area contributed by atoms with Gasteiger partial charge in [-0.3, -0.25) is 4.72 Å². The average Bonchev–Trinajstić information content (AvgIpc) is 3.00. The van der Waals surface area contributed by atoms with Gasteiger partial charge in [-0.05, 0) is 78.6 Å². The number of fused-ring (bicyclic) bond motifs is 4. The second kappa shape index (κ2) is 14.4. The minimum absolute atomic E-state index is 0. The van der Waals surface area contributed by atoms with Crippen molar-refractivity contribution >= 4 is 21.7 Å². The summed E-state index contributed by atoms with van der Waals surface area (Å²) in [5, 5.41) is 14.1. The Morgan fingerprint density at radius 1 is 1.05 bits per heavy atom. The van der Waals surface area contributed by atoms with Crippen LogP contribution in [0.3, 0.4) is 0 Å². The maximum atomic E-state index is 13.0. The van der Waals surface area contributed by atoms with Crippen LogP contribution in [0.15, 0.2) is 89.8 Å². The molecular formula is C34H38N2O7S. The summed E-state index contributed by atoms with van der Waals surface area (Å²) < 4.78 is 45.3. The predicted molar refractivity (Wildman–Crippen MR) is 171 cm³/mol. The van der Waals surface area contributed by atoms with E-state index in [4.69, 9.17) is 14.2 Å². The number of nitrogens with one attached hydrogen (secondary N) is 2. The Hall–Kier alpha value is -4.38. The van der Waals surface area contributed by atoms with Crippen molar-refractivity contribution in [2.24, 2.45) is 0 Å². The summed E-state index contributed by atoms with van der Waals surface area (Å²) in [7, 11) is -3.84. The van der Waals surface area contributed by atoms with Crippen LogP contribution < -0.4 is 19.5 Å². The Bertz CT molecular complexity index is 1710. The Labute approximate surface area is 258 Å². The zero-order valence-corrected chi connectivity index (χ0v) is 24.8. The lowest BCUT2D eigenvalue weighted by molar-refractivity contribution is 0.0526. The zero-order valence-electron chi connectivity index (χ0n) is 24.0. The molecule has 0 saturated carbocycles. The molecule has 4 aromatic rings. The molecular weight excluding hydrogens is 580 g/mol. The molecule has 3 N–H and O–H groups in total. The van der Waals surface area contributed by atoms with Gasteiger partial charge in [0.1, 0.15) is 24.7 Å². The van der Waals surface area contributed by atoms with Crippen LogP contribution in [0.4, 0.5) is 5.69 Å². The lowest BCUT2D eigenvalue weighted by Crippen LogP contribution is -2.27. The molecule has 232 valence electrons. The van der Waals surface area contributed by atoms with Crippen LogP contribution in [0, 0.1) is 6.92 Å². The first-order chi connectivity index (χ1) is 20.7. The van der Waals surface area contributed by atoms with Crippen molar-refractivity contribution in [3.63, 3.8) is 0 Å². The number of esters is 1. The predicted octanol–water partition coefficient (Wildman–Crippen LogP) is 5.87. The highest BCUT2D eigenvalue weighted by Gasteiger charge is 2.21. The fraction of sp³-hybridized carbons (Fsp3) is 0.265. The van der Waals surface area contributed by atoms with Crippen molar-refractivity contribution in [3.05, 3.63) is 107 Å². The lowest BCUT2D eigenvalue weighted by Gasteiger charge is -2.20. The summed E-state index contributed by atoms with van der Waals surface area (Å²) in [5.74, 6) is 0.864. The molecule has 0 aromatic heterocycles. The number of rotatable bonds is 10. The van der Waals surface area contributed by atoms with Crippen LogP contribution >= 0.6 is 0 Å². The first kappa shape index (κ1) is 32.5. The first-order valence-electron chi connectivity index (χ1n) is 14.0.